The zero-order valence-electron chi connectivity index (χ0n) is 12.8. The zero-order chi connectivity index (χ0) is 16.3. The van der Waals surface area contributed by atoms with Crippen molar-refractivity contribution in [1.29, 1.82) is 0 Å². The maximum absolute atomic E-state index is 13.2. The second kappa shape index (κ2) is 6.64. The number of nitrogens with one attached hydrogen (secondary N) is 1. The van der Waals surface area contributed by atoms with E-state index in [0.717, 1.165) is 5.56 Å². The first-order valence-corrected chi connectivity index (χ1v) is 9.14. The van der Waals surface area contributed by atoms with Crippen LogP contribution in [0.1, 0.15) is 18.9 Å². The van der Waals surface area contributed by atoms with Gasteiger partial charge in [-0.15, -0.1) is 0 Å². The molecule has 0 aromatic heterocycles. The molecular weight excluding hydrogens is 307 g/mol. The Bertz CT molecular complexity index is 661. The fraction of sp³-hybridized carbons (Fsp3) is 0.533. The Morgan fingerprint density at radius 1 is 1.45 bits per heavy atom. The normalized spacial score (nSPS) is 19.9. The lowest BCUT2D eigenvalue weighted by atomic mass is 10.2. The summed E-state index contributed by atoms with van der Waals surface area (Å²) in [7, 11) is -3.03. The summed E-state index contributed by atoms with van der Waals surface area (Å²) in [6, 6.07) is 4.10. The first-order chi connectivity index (χ1) is 10.3. The molecule has 1 aromatic carbocycles. The fourth-order valence-corrected chi connectivity index (χ4v) is 4.45. The molecule has 5 nitrogen and oxygen atoms in total. The van der Waals surface area contributed by atoms with E-state index in [1.807, 2.05) is 13.8 Å². The summed E-state index contributed by atoms with van der Waals surface area (Å²) < 4.78 is 36.3. The molecule has 1 aliphatic heterocycles. The van der Waals surface area contributed by atoms with Gasteiger partial charge >= 0.3 is 0 Å². The number of hydrogen-bond donors (Lipinski definition) is 1. The molecule has 0 radical (unpaired) electrons. The van der Waals surface area contributed by atoms with Crippen LogP contribution in [0.2, 0.25) is 0 Å². The number of anilines is 1. The molecule has 0 saturated carbocycles. The van der Waals surface area contributed by atoms with Crippen LogP contribution >= 0.6 is 0 Å². The van der Waals surface area contributed by atoms with E-state index >= 15 is 0 Å². The summed E-state index contributed by atoms with van der Waals surface area (Å²) in [4.78, 5) is 13.9. The lowest BCUT2D eigenvalue weighted by Crippen LogP contribution is -2.43. The number of likely N-dealkylation sites (N-methyl/N-ethyl adjacent to an activating group) is 1. The van der Waals surface area contributed by atoms with E-state index in [-0.39, 0.29) is 35.8 Å². The van der Waals surface area contributed by atoms with Crippen LogP contribution in [0.3, 0.4) is 0 Å². The average molecular weight is 328 g/mol. The van der Waals surface area contributed by atoms with Crippen molar-refractivity contribution < 1.29 is 17.6 Å². The number of aryl methyl sites for hydroxylation is 1. The Kier molecular flexibility index (Phi) is 5.05. The van der Waals surface area contributed by atoms with Gasteiger partial charge in [0.05, 0.1) is 18.1 Å². The molecule has 1 saturated heterocycles. The number of nitrogens with zero attached hydrogens (tertiary/aromatic N) is 1. The second-order valence-corrected chi connectivity index (χ2v) is 7.78. The van der Waals surface area contributed by atoms with E-state index in [4.69, 9.17) is 0 Å². The van der Waals surface area contributed by atoms with Gasteiger partial charge in [-0.3, -0.25) is 4.79 Å². The van der Waals surface area contributed by atoms with Crippen molar-refractivity contribution in [2.75, 3.05) is 29.9 Å². The predicted molar refractivity (Wildman–Crippen MR) is 84.1 cm³/mol. The van der Waals surface area contributed by atoms with Crippen LogP contribution in [0.15, 0.2) is 18.2 Å². The van der Waals surface area contributed by atoms with Crippen LogP contribution in [0.4, 0.5) is 10.1 Å². The molecule has 0 aliphatic carbocycles. The predicted octanol–water partition coefficient (Wildman–Crippen LogP) is 1.58. The monoisotopic (exact) mass is 328 g/mol. The van der Waals surface area contributed by atoms with E-state index in [2.05, 4.69) is 5.32 Å². The van der Waals surface area contributed by atoms with E-state index in [1.54, 1.807) is 11.0 Å². The summed E-state index contributed by atoms with van der Waals surface area (Å²) in [5.41, 5.74) is 1.42. The number of amides is 1. The van der Waals surface area contributed by atoms with Crippen LogP contribution in [0.5, 0.6) is 0 Å². The molecule has 2 rings (SSSR count). The van der Waals surface area contributed by atoms with Crippen molar-refractivity contribution in [3.05, 3.63) is 29.6 Å². The lowest BCUT2D eigenvalue weighted by molar-refractivity contribution is -0.130. The third-order valence-corrected chi connectivity index (χ3v) is 5.69. The highest BCUT2D eigenvalue weighted by Gasteiger charge is 2.33. The van der Waals surface area contributed by atoms with Crippen LogP contribution in [-0.2, 0) is 14.6 Å². The first-order valence-electron chi connectivity index (χ1n) is 7.32. The number of hydrogen-bond acceptors (Lipinski definition) is 4. The molecule has 1 unspecified atom stereocenters. The number of carbonyl (C=O) groups excluding carboxylic acids is 1. The summed E-state index contributed by atoms with van der Waals surface area (Å²) >= 11 is 0. The minimum Gasteiger partial charge on any atom is -0.376 e. The number of benzene rings is 1. The molecule has 1 aliphatic rings. The third kappa shape index (κ3) is 3.97. The van der Waals surface area contributed by atoms with Crippen molar-refractivity contribution >= 4 is 21.4 Å². The van der Waals surface area contributed by atoms with Gasteiger partial charge in [0.2, 0.25) is 5.91 Å². The number of sulfone groups is 1. The zero-order valence-corrected chi connectivity index (χ0v) is 13.6. The van der Waals surface area contributed by atoms with Crippen molar-refractivity contribution in [1.82, 2.24) is 4.90 Å². The fourth-order valence-electron chi connectivity index (χ4n) is 2.72. The Labute approximate surface area is 130 Å². The third-order valence-electron chi connectivity index (χ3n) is 3.94. The molecule has 1 N–H and O–H groups in total. The average Bonchev–Trinajstić information content (AvgIpc) is 2.80. The molecule has 1 amide bonds. The molecule has 22 heavy (non-hydrogen) atoms. The number of carbonyl (C=O) groups is 1. The standard InChI is InChI=1S/C15H21FN2O3S/c1-3-18(13-6-7-22(20,21)10-13)15(19)9-17-14-8-12(16)5-4-11(14)2/h4-5,8,13,17H,3,6-7,9-10H2,1-2H3. The Morgan fingerprint density at radius 2 is 2.18 bits per heavy atom. The Balaban J connectivity index is 1.99. The van der Waals surface area contributed by atoms with Crippen molar-refractivity contribution in [2.45, 2.75) is 26.3 Å². The van der Waals surface area contributed by atoms with Crippen LogP contribution in [0.25, 0.3) is 0 Å². The van der Waals surface area contributed by atoms with Gasteiger partial charge in [-0.1, -0.05) is 6.07 Å². The van der Waals surface area contributed by atoms with Gasteiger partial charge < -0.3 is 10.2 Å². The molecule has 0 bridgehead atoms. The van der Waals surface area contributed by atoms with Crippen molar-refractivity contribution in [2.24, 2.45) is 0 Å². The van der Waals surface area contributed by atoms with E-state index in [9.17, 15) is 17.6 Å². The van der Waals surface area contributed by atoms with Gasteiger partial charge in [0.15, 0.2) is 9.84 Å². The van der Waals surface area contributed by atoms with Gasteiger partial charge in [0.25, 0.3) is 0 Å². The summed E-state index contributed by atoms with van der Waals surface area (Å²) in [5, 5.41) is 2.93. The van der Waals surface area contributed by atoms with Crippen LogP contribution in [-0.4, -0.2) is 49.9 Å². The topological polar surface area (TPSA) is 66.5 Å². The van der Waals surface area contributed by atoms with Crippen LogP contribution < -0.4 is 5.32 Å². The van der Waals surface area contributed by atoms with Crippen LogP contribution in [0, 0.1) is 12.7 Å². The Morgan fingerprint density at radius 3 is 2.77 bits per heavy atom. The number of halogens is 1. The SMILES string of the molecule is CCN(C(=O)CNc1cc(F)ccc1C)C1CCS(=O)(=O)C1. The minimum absolute atomic E-state index is 0.0225. The molecule has 1 fully saturated rings. The van der Waals surface area contributed by atoms with Gasteiger partial charge in [-0.25, -0.2) is 12.8 Å². The smallest absolute Gasteiger partial charge is 0.242 e. The Hall–Kier alpha value is -1.63. The van der Waals surface area contributed by atoms with E-state index in [1.165, 1.54) is 12.1 Å². The number of rotatable bonds is 5. The van der Waals surface area contributed by atoms with Gasteiger partial charge in [-0.05, 0) is 38.0 Å². The summed E-state index contributed by atoms with van der Waals surface area (Å²) in [6.07, 6.45) is 0.487. The van der Waals surface area contributed by atoms with E-state index in [0.29, 0.717) is 18.7 Å². The highest BCUT2D eigenvalue weighted by Crippen LogP contribution is 2.19. The van der Waals surface area contributed by atoms with Crippen molar-refractivity contribution in [3.8, 4) is 0 Å². The highest BCUT2D eigenvalue weighted by molar-refractivity contribution is 7.91. The minimum atomic E-state index is -3.03. The molecular formula is C15H21FN2O3S. The maximum atomic E-state index is 13.2. The molecule has 122 valence electrons. The first kappa shape index (κ1) is 16.7. The molecule has 1 atom stereocenters. The van der Waals surface area contributed by atoms with Gasteiger partial charge in [0, 0.05) is 18.3 Å². The van der Waals surface area contributed by atoms with Gasteiger partial charge in [-0.2, -0.15) is 0 Å². The second-order valence-electron chi connectivity index (χ2n) is 5.55. The summed E-state index contributed by atoms with van der Waals surface area (Å²) in [5.74, 6) is -0.369. The molecule has 7 heteroatoms. The van der Waals surface area contributed by atoms with Gasteiger partial charge in [0.1, 0.15) is 5.82 Å². The molecule has 1 aromatic rings. The molecule has 0 spiro atoms. The molecule has 1 heterocycles. The lowest BCUT2D eigenvalue weighted by Gasteiger charge is -2.27. The quantitative estimate of drug-likeness (QED) is 0.891. The van der Waals surface area contributed by atoms with E-state index < -0.39 is 9.84 Å². The largest absolute Gasteiger partial charge is 0.376 e. The highest BCUT2D eigenvalue weighted by atomic mass is 32.2. The maximum Gasteiger partial charge on any atom is 0.242 e. The summed E-state index contributed by atoms with van der Waals surface area (Å²) in [6.45, 7) is 4.14. The van der Waals surface area contributed by atoms with Crippen molar-refractivity contribution in [3.63, 3.8) is 0 Å².